The Bertz CT molecular complexity index is 576. The molecule has 0 bridgehead atoms. The highest BCUT2D eigenvalue weighted by Crippen LogP contribution is 2.33. The summed E-state index contributed by atoms with van der Waals surface area (Å²) in [6.07, 6.45) is 0.246. The number of hydrogen-bond donors (Lipinski definition) is 1. The highest BCUT2D eigenvalue weighted by Gasteiger charge is 2.36. The first-order chi connectivity index (χ1) is 11.6. The number of hydrogen-bond acceptors (Lipinski definition) is 4. The molecule has 2 amide bonds. The van der Waals surface area contributed by atoms with E-state index in [1.807, 2.05) is 38.2 Å². The topological polar surface area (TPSA) is 61.9 Å². The van der Waals surface area contributed by atoms with Crippen LogP contribution in [-0.2, 0) is 9.59 Å². The largest absolute Gasteiger partial charge is 0.492 e. The van der Waals surface area contributed by atoms with Crippen LogP contribution < -0.4 is 15.0 Å². The highest BCUT2D eigenvalue weighted by atomic mass is 16.5. The van der Waals surface area contributed by atoms with Gasteiger partial charge in [0.2, 0.25) is 11.8 Å². The molecular weight excluding hydrogens is 306 g/mol. The zero-order valence-electron chi connectivity index (χ0n) is 14.7. The monoisotopic (exact) mass is 333 g/mol. The second-order valence-corrected chi connectivity index (χ2v) is 5.99. The lowest BCUT2D eigenvalue weighted by Crippen LogP contribution is -2.37. The summed E-state index contributed by atoms with van der Waals surface area (Å²) >= 11 is 0. The molecule has 6 nitrogen and oxygen atoms in total. The molecule has 0 radical (unpaired) electrons. The van der Waals surface area contributed by atoms with E-state index in [0.717, 1.165) is 18.8 Å². The molecule has 1 saturated heterocycles. The molecule has 1 heterocycles. The minimum atomic E-state index is -0.306. The minimum absolute atomic E-state index is 0.0343. The SMILES string of the molecule is CCOc1ccccc1N1C[C@H](C(=O)NCCN(C)CC)CC1=O. The van der Waals surface area contributed by atoms with Gasteiger partial charge in [-0.2, -0.15) is 0 Å². The van der Waals surface area contributed by atoms with Crippen molar-refractivity contribution in [2.75, 3.05) is 44.7 Å². The second-order valence-electron chi connectivity index (χ2n) is 5.99. The van der Waals surface area contributed by atoms with Crippen LogP contribution in [0.15, 0.2) is 24.3 Å². The van der Waals surface area contributed by atoms with E-state index in [1.54, 1.807) is 4.90 Å². The molecule has 1 N–H and O–H groups in total. The van der Waals surface area contributed by atoms with Gasteiger partial charge in [0.25, 0.3) is 0 Å². The van der Waals surface area contributed by atoms with Gasteiger partial charge in [-0.15, -0.1) is 0 Å². The third kappa shape index (κ3) is 4.47. The van der Waals surface area contributed by atoms with Crippen LogP contribution in [0, 0.1) is 5.92 Å². The van der Waals surface area contributed by atoms with Crippen molar-refractivity contribution in [3.05, 3.63) is 24.3 Å². The molecule has 1 atom stereocenters. The van der Waals surface area contributed by atoms with E-state index in [-0.39, 0.29) is 24.2 Å². The van der Waals surface area contributed by atoms with Crippen molar-refractivity contribution in [3.63, 3.8) is 0 Å². The van der Waals surface area contributed by atoms with Gasteiger partial charge < -0.3 is 19.9 Å². The van der Waals surface area contributed by atoms with Crippen molar-refractivity contribution in [2.24, 2.45) is 5.92 Å². The number of benzene rings is 1. The summed E-state index contributed by atoms with van der Waals surface area (Å²) in [5.41, 5.74) is 0.741. The van der Waals surface area contributed by atoms with Gasteiger partial charge in [0.15, 0.2) is 0 Å². The van der Waals surface area contributed by atoms with Crippen molar-refractivity contribution < 1.29 is 14.3 Å². The summed E-state index contributed by atoms with van der Waals surface area (Å²) in [6, 6.07) is 7.46. The van der Waals surface area contributed by atoms with Gasteiger partial charge in [-0.25, -0.2) is 0 Å². The van der Waals surface area contributed by atoms with Crippen LogP contribution in [0.25, 0.3) is 0 Å². The van der Waals surface area contributed by atoms with E-state index in [0.29, 0.717) is 25.4 Å². The lowest BCUT2D eigenvalue weighted by Gasteiger charge is -2.20. The van der Waals surface area contributed by atoms with Crippen LogP contribution in [0.2, 0.25) is 0 Å². The summed E-state index contributed by atoms with van der Waals surface area (Å²) in [6.45, 7) is 7.27. The van der Waals surface area contributed by atoms with Crippen LogP contribution in [0.1, 0.15) is 20.3 Å². The molecule has 1 fully saturated rings. The van der Waals surface area contributed by atoms with Gasteiger partial charge in [0.1, 0.15) is 5.75 Å². The Morgan fingerprint density at radius 1 is 1.38 bits per heavy atom. The van der Waals surface area contributed by atoms with Crippen molar-refractivity contribution in [1.82, 2.24) is 10.2 Å². The normalized spacial score (nSPS) is 17.4. The van der Waals surface area contributed by atoms with Crippen LogP contribution >= 0.6 is 0 Å². The molecule has 24 heavy (non-hydrogen) atoms. The number of nitrogens with one attached hydrogen (secondary N) is 1. The summed E-state index contributed by atoms with van der Waals surface area (Å²) < 4.78 is 5.60. The first-order valence-corrected chi connectivity index (χ1v) is 8.55. The van der Waals surface area contributed by atoms with Crippen LogP contribution in [-0.4, -0.2) is 56.5 Å². The first kappa shape index (κ1) is 18.3. The fourth-order valence-corrected chi connectivity index (χ4v) is 2.75. The smallest absolute Gasteiger partial charge is 0.227 e. The van der Waals surface area contributed by atoms with Gasteiger partial charge in [-0.3, -0.25) is 9.59 Å². The van der Waals surface area contributed by atoms with Crippen molar-refractivity contribution in [3.8, 4) is 5.75 Å². The average Bonchev–Trinajstić information content (AvgIpc) is 2.97. The lowest BCUT2D eigenvalue weighted by atomic mass is 10.1. The van der Waals surface area contributed by atoms with Gasteiger partial charge >= 0.3 is 0 Å². The molecule has 1 aliphatic rings. The van der Waals surface area contributed by atoms with E-state index in [1.165, 1.54) is 0 Å². The van der Waals surface area contributed by atoms with E-state index >= 15 is 0 Å². The predicted octanol–water partition coefficient (Wildman–Crippen LogP) is 1.51. The van der Waals surface area contributed by atoms with Gasteiger partial charge in [-0.05, 0) is 32.6 Å². The number of nitrogens with zero attached hydrogens (tertiary/aromatic N) is 2. The number of amides is 2. The molecule has 1 aromatic rings. The number of anilines is 1. The average molecular weight is 333 g/mol. The summed E-state index contributed by atoms with van der Waals surface area (Å²) in [5.74, 6) is 0.287. The molecule has 0 aliphatic carbocycles. The Morgan fingerprint density at radius 2 is 2.12 bits per heavy atom. The number of ether oxygens (including phenoxy) is 1. The van der Waals surface area contributed by atoms with Gasteiger partial charge in [0.05, 0.1) is 18.2 Å². The molecule has 6 heteroatoms. The minimum Gasteiger partial charge on any atom is -0.492 e. The van der Waals surface area contributed by atoms with Crippen LogP contribution in [0.3, 0.4) is 0 Å². The van der Waals surface area contributed by atoms with Crippen LogP contribution in [0.4, 0.5) is 5.69 Å². The Balaban J connectivity index is 1.97. The van der Waals surface area contributed by atoms with Crippen molar-refractivity contribution >= 4 is 17.5 Å². The molecule has 2 rings (SSSR count). The Morgan fingerprint density at radius 3 is 2.83 bits per heavy atom. The van der Waals surface area contributed by atoms with Crippen molar-refractivity contribution in [2.45, 2.75) is 20.3 Å². The van der Waals surface area contributed by atoms with Crippen LogP contribution in [0.5, 0.6) is 5.75 Å². The highest BCUT2D eigenvalue weighted by molar-refractivity contribution is 6.01. The predicted molar refractivity (Wildman–Crippen MR) is 94.3 cm³/mol. The molecule has 1 aliphatic heterocycles. The van der Waals surface area contributed by atoms with E-state index in [4.69, 9.17) is 4.74 Å². The Kier molecular flexibility index (Phi) is 6.61. The standard InChI is InChI=1S/C18H27N3O3/c1-4-20(3)11-10-19-18(23)14-12-17(22)21(13-14)15-8-6-7-9-16(15)24-5-2/h6-9,14H,4-5,10-13H2,1-3H3,(H,19,23)/t14-/m1/s1. The number of carbonyl (C=O) groups is 2. The third-order valence-corrected chi connectivity index (χ3v) is 4.28. The van der Waals surface area contributed by atoms with E-state index in [2.05, 4.69) is 17.1 Å². The number of carbonyl (C=O) groups excluding carboxylic acids is 2. The molecule has 0 spiro atoms. The zero-order valence-corrected chi connectivity index (χ0v) is 14.7. The zero-order chi connectivity index (χ0) is 17.5. The maximum absolute atomic E-state index is 12.4. The fourth-order valence-electron chi connectivity index (χ4n) is 2.75. The molecule has 1 aromatic carbocycles. The second kappa shape index (κ2) is 8.68. The number of likely N-dealkylation sites (N-methyl/N-ethyl adjacent to an activating group) is 1. The Hall–Kier alpha value is -2.08. The molecule has 0 saturated carbocycles. The summed E-state index contributed by atoms with van der Waals surface area (Å²) in [7, 11) is 2.01. The fraction of sp³-hybridized carbons (Fsp3) is 0.556. The maximum atomic E-state index is 12.4. The molecule has 0 unspecified atom stereocenters. The molecular formula is C18H27N3O3. The van der Waals surface area contributed by atoms with E-state index in [9.17, 15) is 9.59 Å². The summed E-state index contributed by atoms with van der Waals surface area (Å²) in [5, 5.41) is 2.93. The maximum Gasteiger partial charge on any atom is 0.227 e. The quantitative estimate of drug-likeness (QED) is 0.783. The first-order valence-electron chi connectivity index (χ1n) is 8.55. The summed E-state index contributed by atoms with van der Waals surface area (Å²) in [4.78, 5) is 28.5. The number of rotatable bonds is 8. The molecule has 132 valence electrons. The lowest BCUT2D eigenvalue weighted by molar-refractivity contribution is -0.126. The van der Waals surface area contributed by atoms with Crippen molar-refractivity contribution in [1.29, 1.82) is 0 Å². The van der Waals surface area contributed by atoms with Gasteiger partial charge in [-0.1, -0.05) is 19.1 Å². The number of para-hydroxylation sites is 2. The Labute approximate surface area is 143 Å². The van der Waals surface area contributed by atoms with E-state index < -0.39 is 0 Å². The third-order valence-electron chi connectivity index (χ3n) is 4.28. The van der Waals surface area contributed by atoms with Gasteiger partial charge in [0, 0.05) is 26.1 Å². The molecule has 0 aromatic heterocycles.